The molecule has 6 atom stereocenters. The third kappa shape index (κ3) is 3.52. The van der Waals surface area contributed by atoms with Crippen LogP contribution in [0, 0.1) is 0 Å². The Morgan fingerprint density at radius 2 is 1.91 bits per heavy atom. The van der Waals surface area contributed by atoms with Gasteiger partial charge in [-0.25, -0.2) is 4.79 Å². The van der Waals surface area contributed by atoms with Crippen molar-refractivity contribution in [1.29, 1.82) is 0 Å². The summed E-state index contributed by atoms with van der Waals surface area (Å²) >= 11 is 0. The first-order valence-corrected chi connectivity index (χ1v) is 7.13. The third-order valence-corrected chi connectivity index (χ3v) is 4.02. The van der Waals surface area contributed by atoms with E-state index >= 15 is 0 Å². The normalized spacial score (nSPS) is 33.9. The van der Waals surface area contributed by atoms with Gasteiger partial charge in [0.05, 0.1) is 18.8 Å². The molecule has 1 aliphatic rings. The Balaban J connectivity index is 2.40. The Morgan fingerprint density at radius 1 is 1.30 bits per heavy atom. The second-order valence-electron chi connectivity index (χ2n) is 5.62. The number of hydrogen-bond acceptors (Lipinski definition) is 7. The van der Waals surface area contributed by atoms with Gasteiger partial charge in [-0.1, -0.05) is 30.3 Å². The van der Waals surface area contributed by atoms with E-state index in [2.05, 4.69) is 0 Å². The molecule has 1 aromatic carbocycles. The average molecular weight is 328 g/mol. The number of carboxylic acids is 1. The summed E-state index contributed by atoms with van der Waals surface area (Å²) in [6, 6.07) is 8.40. The average Bonchev–Trinajstić information content (AvgIpc) is 2.53. The van der Waals surface area contributed by atoms with Crippen LogP contribution in [-0.2, 0) is 9.53 Å². The number of benzene rings is 1. The van der Waals surface area contributed by atoms with Gasteiger partial charge in [-0.3, -0.25) is 0 Å². The van der Waals surface area contributed by atoms with Crippen molar-refractivity contribution in [2.45, 2.75) is 42.5 Å². The molecule has 1 saturated heterocycles. The second-order valence-corrected chi connectivity index (χ2v) is 5.62. The lowest BCUT2D eigenvalue weighted by molar-refractivity contribution is -0.294. The summed E-state index contributed by atoms with van der Waals surface area (Å²) in [6.45, 7) is -0.788. The third-order valence-electron chi connectivity index (χ3n) is 4.02. The zero-order chi connectivity index (χ0) is 17.2. The van der Waals surface area contributed by atoms with Crippen LogP contribution < -0.4 is 0 Å². The van der Waals surface area contributed by atoms with Crippen molar-refractivity contribution < 1.29 is 40.2 Å². The van der Waals surface area contributed by atoms with E-state index in [-0.39, 0.29) is 0 Å². The molecule has 8 nitrogen and oxygen atoms in total. The zero-order valence-corrected chi connectivity index (χ0v) is 12.2. The summed E-state index contributed by atoms with van der Waals surface area (Å²) in [5, 5.41) is 58.2. The molecule has 0 radical (unpaired) electrons. The van der Waals surface area contributed by atoms with Gasteiger partial charge >= 0.3 is 5.97 Å². The van der Waals surface area contributed by atoms with E-state index in [0.717, 1.165) is 0 Å². The maximum Gasteiger partial charge on any atom is 0.364 e. The minimum absolute atomic E-state index is 0.543. The summed E-state index contributed by atoms with van der Waals surface area (Å²) in [4.78, 5) is 11.2. The lowest BCUT2D eigenvalue weighted by Crippen LogP contribution is -2.59. The number of carbonyl (C=O) groups is 1. The first-order valence-electron chi connectivity index (χ1n) is 7.13. The van der Waals surface area contributed by atoms with Gasteiger partial charge in [0, 0.05) is 12.3 Å². The molecular weight excluding hydrogens is 308 g/mol. The van der Waals surface area contributed by atoms with E-state index in [0.29, 0.717) is 5.56 Å². The van der Waals surface area contributed by atoms with Crippen LogP contribution in [0.5, 0.6) is 0 Å². The minimum atomic E-state index is -2.69. The summed E-state index contributed by atoms with van der Waals surface area (Å²) in [7, 11) is 0. The summed E-state index contributed by atoms with van der Waals surface area (Å²) < 4.78 is 5.13. The quantitative estimate of drug-likeness (QED) is 0.379. The number of ether oxygens (including phenoxy) is 1. The predicted molar refractivity (Wildman–Crippen MR) is 76.4 cm³/mol. The van der Waals surface area contributed by atoms with E-state index in [9.17, 15) is 25.2 Å². The van der Waals surface area contributed by atoms with Crippen LogP contribution >= 0.6 is 0 Å². The standard InChI is InChI=1S/C15H20O8/c16-7-10(18)12(19)13-11(8-4-2-1-3-5-8)9(17)6-15(22,23-13)14(20)21/h1-5,9-13,16-19,22H,6-7H2,(H,20,21)/t9-,10+,11+,12+,13+,15-/m0/s1. The van der Waals surface area contributed by atoms with E-state index in [1.165, 1.54) is 0 Å². The molecule has 0 saturated carbocycles. The molecule has 23 heavy (non-hydrogen) atoms. The molecule has 0 amide bonds. The maximum atomic E-state index is 11.2. The number of hydrogen-bond donors (Lipinski definition) is 6. The molecule has 1 aromatic rings. The Hall–Kier alpha value is -1.55. The molecule has 2 rings (SSSR count). The van der Waals surface area contributed by atoms with Crippen molar-refractivity contribution in [3.05, 3.63) is 35.9 Å². The van der Waals surface area contributed by atoms with Crippen molar-refractivity contribution in [2.75, 3.05) is 6.61 Å². The van der Waals surface area contributed by atoms with Crippen LogP contribution in [0.25, 0.3) is 0 Å². The van der Waals surface area contributed by atoms with Gasteiger partial charge in [-0.2, -0.15) is 0 Å². The largest absolute Gasteiger partial charge is 0.477 e. The SMILES string of the molecule is O=C(O)[C@]1(O)C[C@H](O)[C@@H](c2ccccc2)[C@H]([C@H](O)[C@H](O)CO)O1. The van der Waals surface area contributed by atoms with E-state index in [1.54, 1.807) is 30.3 Å². The van der Waals surface area contributed by atoms with Gasteiger partial charge in [0.25, 0.3) is 5.79 Å². The van der Waals surface area contributed by atoms with E-state index in [4.69, 9.17) is 14.9 Å². The van der Waals surface area contributed by atoms with Gasteiger partial charge in [0.15, 0.2) is 0 Å². The molecule has 1 heterocycles. The Labute approximate surface area is 132 Å². The highest BCUT2D eigenvalue weighted by atomic mass is 16.7. The van der Waals surface area contributed by atoms with Crippen molar-refractivity contribution in [1.82, 2.24) is 0 Å². The van der Waals surface area contributed by atoms with Gasteiger partial charge < -0.3 is 35.4 Å². The van der Waals surface area contributed by atoms with Gasteiger partial charge in [0.2, 0.25) is 0 Å². The van der Waals surface area contributed by atoms with Gasteiger partial charge in [0.1, 0.15) is 12.2 Å². The van der Waals surface area contributed by atoms with E-state index in [1.807, 2.05) is 0 Å². The molecule has 0 aromatic heterocycles. The molecule has 128 valence electrons. The van der Waals surface area contributed by atoms with Crippen LogP contribution in [0.4, 0.5) is 0 Å². The highest BCUT2D eigenvalue weighted by Gasteiger charge is 2.53. The maximum absolute atomic E-state index is 11.2. The number of rotatable bonds is 5. The number of aliphatic carboxylic acids is 1. The van der Waals surface area contributed by atoms with E-state index < -0.39 is 55.1 Å². The van der Waals surface area contributed by atoms with Gasteiger partial charge in [-0.15, -0.1) is 0 Å². The molecule has 0 bridgehead atoms. The molecule has 6 N–H and O–H groups in total. The zero-order valence-electron chi connectivity index (χ0n) is 12.2. The number of carboxylic acid groups (broad SMARTS) is 1. The van der Waals surface area contributed by atoms with Crippen molar-refractivity contribution >= 4 is 5.97 Å². The molecule has 0 unspecified atom stereocenters. The lowest BCUT2D eigenvalue weighted by atomic mass is 9.79. The molecule has 8 heteroatoms. The summed E-state index contributed by atoms with van der Waals surface area (Å²) in [5.74, 6) is -5.28. The highest BCUT2D eigenvalue weighted by molar-refractivity contribution is 5.75. The molecular formula is C15H20O8. The van der Waals surface area contributed by atoms with Crippen LogP contribution in [0.3, 0.4) is 0 Å². The fourth-order valence-electron chi connectivity index (χ4n) is 2.81. The Bertz CT molecular complexity index is 536. The van der Waals surface area contributed by atoms with Crippen molar-refractivity contribution in [3.63, 3.8) is 0 Å². The fourth-order valence-corrected chi connectivity index (χ4v) is 2.81. The van der Waals surface area contributed by atoms with Crippen LogP contribution in [0.15, 0.2) is 30.3 Å². The topological polar surface area (TPSA) is 148 Å². The van der Waals surface area contributed by atoms with Gasteiger partial charge in [-0.05, 0) is 5.56 Å². The van der Waals surface area contributed by atoms with Crippen molar-refractivity contribution in [2.24, 2.45) is 0 Å². The second kappa shape index (κ2) is 6.91. The Kier molecular flexibility index (Phi) is 5.35. The number of aliphatic hydroxyl groups is 5. The fraction of sp³-hybridized carbons (Fsp3) is 0.533. The van der Waals surface area contributed by atoms with Crippen LogP contribution in [0.1, 0.15) is 17.9 Å². The molecule has 0 aliphatic carbocycles. The molecule has 0 spiro atoms. The first kappa shape index (κ1) is 17.8. The molecule has 1 aliphatic heterocycles. The molecule has 1 fully saturated rings. The smallest absolute Gasteiger partial charge is 0.364 e. The summed E-state index contributed by atoms with van der Waals surface area (Å²) in [6.07, 6.45) is -6.68. The Morgan fingerprint density at radius 3 is 2.43 bits per heavy atom. The van der Waals surface area contributed by atoms with Crippen LogP contribution in [0.2, 0.25) is 0 Å². The minimum Gasteiger partial charge on any atom is -0.477 e. The highest BCUT2D eigenvalue weighted by Crippen LogP contribution is 2.39. The first-order chi connectivity index (χ1) is 10.8. The predicted octanol–water partition coefficient (Wildman–Crippen LogP) is -1.59. The summed E-state index contributed by atoms with van der Waals surface area (Å²) in [5.41, 5.74) is 0.543. The number of aliphatic hydroxyl groups excluding tert-OH is 4. The van der Waals surface area contributed by atoms with Crippen molar-refractivity contribution in [3.8, 4) is 0 Å². The monoisotopic (exact) mass is 328 g/mol. The lowest BCUT2D eigenvalue weighted by Gasteiger charge is -2.44. The van der Waals surface area contributed by atoms with Crippen LogP contribution in [-0.4, -0.2) is 73.4 Å².